The maximum absolute atomic E-state index is 10.0. The summed E-state index contributed by atoms with van der Waals surface area (Å²) in [7, 11) is 9.43. The van der Waals surface area contributed by atoms with Gasteiger partial charge < -0.3 is 10.6 Å². The Morgan fingerprint density at radius 2 is 1.30 bits per heavy atom. The Bertz CT molecular complexity index is 123. The molecule has 0 saturated heterocycles. The van der Waals surface area contributed by atoms with E-state index in [9.17, 15) is 9.59 Å². The molecule has 0 spiro atoms. The van der Waals surface area contributed by atoms with E-state index in [0.29, 0.717) is 0 Å². The minimum absolute atomic E-state index is 0.290. The van der Waals surface area contributed by atoms with Gasteiger partial charge in [-0.1, -0.05) is 0 Å². The van der Waals surface area contributed by atoms with E-state index in [1.54, 1.807) is 0 Å². The summed E-state index contributed by atoms with van der Waals surface area (Å²) in [5, 5.41) is 4.54. The van der Waals surface area contributed by atoms with Crippen molar-refractivity contribution in [3.05, 3.63) is 0 Å². The molecule has 0 atom stereocenters. The van der Waals surface area contributed by atoms with Gasteiger partial charge in [-0.3, -0.25) is 9.59 Å². The first kappa shape index (κ1) is 9.07. The molecule has 4 nitrogen and oxygen atoms in total. The Balaban J connectivity index is 3.06. The lowest BCUT2D eigenvalue weighted by Gasteiger charge is -2.01. The summed E-state index contributed by atoms with van der Waals surface area (Å²) in [4.78, 5) is 20.0. The van der Waals surface area contributed by atoms with E-state index in [4.69, 9.17) is 15.7 Å². The molecule has 0 aromatic rings. The molecular weight excluding hydrogens is 130 g/mol. The predicted molar refractivity (Wildman–Crippen MR) is 38.3 cm³/mol. The monoisotopic (exact) mass is 136 g/mol. The summed E-state index contributed by atoms with van der Waals surface area (Å²) >= 11 is 0. The van der Waals surface area contributed by atoms with Crippen molar-refractivity contribution in [2.24, 2.45) is 0 Å². The van der Waals surface area contributed by atoms with Crippen molar-refractivity contribution in [2.45, 2.75) is 0 Å². The van der Waals surface area contributed by atoms with Crippen molar-refractivity contribution in [1.82, 2.24) is 10.6 Å². The summed E-state index contributed by atoms with van der Waals surface area (Å²) in [6, 6.07) is 0. The zero-order valence-electron chi connectivity index (χ0n) is 5.39. The molecule has 0 aromatic carbocycles. The number of hydrogen-bond acceptors (Lipinski definition) is 2. The van der Waals surface area contributed by atoms with E-state index < -0.39 is 11.6 Å². The first-order chi connectivity index (χ1) is 4.63. The molecule has 2 N–H and O–H groups in total. The van der Waals surface area contributed by atoms with Gasteiger partial charge in [0.2, 0.25) is 0 Å². The van der Waals surface area contributed by atoms with Crippen LogP contribution in [0.25, 0.3) is 0 Å². The van der Waals surface area contributed by atoms with Crippen LogP contribution in [0.3, 0.4) is 0 Å². The third-order valence-corrected chi connectivity index (χ3v) is 0.723. The zero-order chi connectivity index (χ0) is 7.98. The SMILES string of the molecule is [B]C(=O)NCCNC([B])=O. The van der Waals surface area contributed by atoms with Gasteiger partial charge in [0.05, 0.1) is 0 Å². The van der Waals surface area contributed by atoms with Gasteiger partial charge in [-0.25, -0.2) is 0 Å². The molecule has 0 aliphatic heterocycles. The van der Waals surface area contributed by atoms with Crippen LogP contribution in [0.15, 0.2) is 0 Å². The van der Waals surface area contributed by atoms with Crippen LogP contribution < -0.4 is 10.6 Å². The second kappa shape index (κ2) is 4.90. The Morgan fingerprint density at radius 3 is 1.50 bits per heavy atom. The van der Waals surface area contributed by atoms with Gasteiger partial charge in [0.1, 0.15) is 0 Å². The molecule has 0 saturated carbocycles. The van der Waals surface area contributed by atoms with Gasteiger partial charge in [0.25, 0.3) is 0 Å². The Labute approximate surface area is 61.6 Å². The van der Waals surface area contributed by atoms with Gasteiger partial charge in [0.15, 0.2) is 27.3 Å². The van der Waals surface area contributed by atoms with Crippen LogP contribution in [-0.2, 0) is 0 Å². The highest BCUT2D eigenvalue weighted by Gasteiger charge is 1.90. The predicted octanol–water partition coefficient (Wildman–Crippen LogP) is -1.26. The van der Waals surface area contributed by atoms with Gasteiger partial charge in [0, 0.05) is 13.1 Å². The lowest BCUT2D eigenvalue weighted by Crippen LogP contribution is -2.33. The second-order valence-electron chi connectivity index (χ2n) is 1.58. The normalized spacial score (nSPS) is 8.40. The van der Waals surface area contributed by atoms with E-state index >= 15 is 0 Å². The van der Waals surface area contributed by atoms with Crippen molar-refractivity contribution in [1.29, 1.82) is 0 Å². The fraction of sp³-hybridized carbons (Fsp3) is 0.500. The summed E-state index contributed by atoms with van der Waals surface area (Å²) in [6.45, 7) is 0.580. The molecule has 0 unspecified atom stereocenters. The Hall–Kier alpha value is -0.930. The maximum Gasteiger partial charge on any atom is 0.200 e. The third-order valence-electron chi connectivity index (χ3n) is 0.723. The Kier molecular flexibility index (Phi) is 4.45. The number of carbonyl (C=O) groups is 2. The quantitative estimate of drug-likeness (QED) is 0.375. The molecule has 10 heavy (non-hydrogen) atoms. The van der Waals surface area contributed by atoms with Crippen molar-refractivity contribution in [2.75, 3.05) is 13.1 Å². The molecule has 0 rings (SSSR count). The third kappa shape index (κ3) is 7.07. The number of carbonyl (C=O) groups excluding carboxylic acids is 2. The standard InChI is InChI=1S/C4H6B2N2O2/c5-3(9)7-1-2-8-4(6)10/h1-2H2,(H,7,9)(H,8,10). The van der Waals surface area contributed by atoms with E-state index in [1.165, 1.54) is 0 Å². The highest BCUT2D eigenvalue weighted by atomic mass is 16.1. The van der Waals surface area contributed by atoms with E-state index in [0.717, 1.165) is 0 Å². The molecule has 0 aromatic heterocycles. The van der Waals surface area contributed by atoms with Crippen LogP contribution in [0.2, 0.25) is 0 Å². The molecular formula is C4H6B2N2O2. The summed E-state index contributed by atoms with van der Waals surface area (Å²) in [5.41, 5.74) is 0. The van der Waals surface area contributed by atoms with Gasteiger partial charge in [-0.05, 0) is 0 Å². The van der Waals surface area contributed by atoms with Crippen LogP contribution in [0.5, 0.6) is 0 Å². The van der Waals surface area contributed by atoms with Gasteiger partial charge >= 0.3 is 0 Å². The van der Waals surface area contributed by atoms with E-state index in [2.05, 4.69) is 10.6 Å². The van der Waals surface area contributed by atoms with E-state index in [1.807, 2.05) is 0 Å². The highest BCUT2D eigenvalue weighted by molar-refractivity contribution is 6.57. The average molecular weight is 136 g/mol. The molecule has 2 amide bonds. The van der Waals surface area contributed by atoms with Crippen molar-refractivity contribution in [3.8, 4) is 0 Å². The van der Waals surface area contributed by atoms with Crippen molar-refractivity contribution < 1.29 is 9.59 Å². The topological polar surface area (TPSA) is 58.2 Å². The summed E-state index contributed by atoms with van der Waals surface area (Å²) < 4.78 is 0. The van der Waals surface area contributed by atoms with Crippen LogP contribution >= 0.6 is 0 Å². The average Bonchev–Trinajstić information content (AvgIpc) is 1.79. The molecule has 6 heteroatoms. The number of amides is 2. The minimum Gasteiger partial charge on any atom is -0.364 e. The van der Waals surface area contributed by atoms with Crippen molar-refractivity contribution in [3.63, 3.8) is 0 Å². The minimum atomic E-state index is -0.619. The van der Waals surface area contributed by atoms with Gasteiger partial charge in [-0.2, -0.15) is 0 Å². The number of rotatable bonds is 3. The fourth-order valence-electron chi connectivity index (χ4n) is 0.371. The largest absolute Gasteiger partial charge is 0.364 e. The molecule has 50 valence electrons. The maximum atomic E-state index is 10.0. The molecule has 0 fully saturated rings. The molecule has 0 aliphatic carbocycles. The summed E-state index contributed by atoms with van der Waals surface area (Å²) in [6.07, 6.45) is 0. The van der Waals surface area contributed by atoms with Crippen LogP contribution in [0.4, 0.5) is 9.59 Å². The fourth-order valence-corrected chi connectivity index (χ4v) is 0.371. The lowest BCUT2D eigenvalue weighted by molar-refractivity contribution is 0.256. The smallest absolute Gasteiger partial charge is 0.200 e. The molecule has 0 heterocycles. The van der Waals surface area contributed by atoms with Crippen molar-refractivity contribution >= 4 is 27.3 Å². The van der Waals surface area contributed by atoms with Crippen LogP contribution in [0.1, 0.15) is 0 Å². The van der Waals surface area contributed by atoms with Crippen LogP contribution in [-0.4, -0.2) is 40.4 Å². The first-order valence-electron chi connectivity index (χ1n) is 2.69. The second-order valence-corrected chi connectivity index (χ2v) is 1.58. The molecule has 4 radical (unpaired) electrons. The molecule has 0 bridgehead atoms. The zero-order valence-corrected chi connectivity index (χ0v) is 5.39. The highest BCUT2D eigenvalue weighted by Crippen LogP contribution is 1.61. The Morgan fingerprint density at radius 1 is 1.00 bits per heavy atom. The molecule has 0 aliphatic rings. The summed E-state index contributed by atoms with van der Waals surface area (Å²) in [5.74, 6) is -1.24. The van der Waals surface area contributed by atoms with E-state index in [-0.39, 0.29) is 13.1 Å². The number of hydrogen-bond donors (Lipinski definition) is 2. The lowest BCUT2D eigenvalue weighted by atomic mass is 10.1. The van der Waals surface area contributed by atoms with Crippen LogP contribution in [0, 0.1) is 0 Å². The van der Waals surface area contributed by atoms with Gasteiger partial charge in [-0.15, -0.1) is 0 Å². The first-order valence-corrected chi connectivity index (χ1v) is 2.69. The number of nitrogens with one attached hydrogen (secondary N) is 2.